The largest absolute Gasteiger partial charge is 0.509 e. The van der Waals surface area contributed by atoms with Crippen molar-refractivity contribution in [2.24, 2.45) is 17.8 Å². The van der Waals surface area contributed by atoms with Crippen molar-refractivity contribution < 1.29 is 23.8 Å². The molecule has 0 heterocycles. The van der Waals surface area contributed by atoms with E-state index < -0.39 is 11.8 Å². The van der Waals surface area contributed by atoms with Gasteiger partial charge in [-0.25, -0.2) is 4.79 Å². The summed E-state index contributed by atoms with van der Waals surface area (Å²) in [5.74, 6) is 0.756. The number of hydrogen-bond donors (Lipinski definition) is 0. The average Bonchev–Trinajstić information content (AvgIpc) is 2.43. The first kappa shape index (κ1) is 17.1. The van der Waals surface area contributed by atoms with Gasteiger partial charge >= 0.3 is 12.1 Å². The number of rotatable bonds is 2. The molecule has 0 radical (unpaired) electrons. The van der Waals surface area contributed by atoms with Crippen LogP contribution in [0.3, 0.4) is 0 Å². The summed E-state index contributed by atoms with van der Waals surface area (Å²) in [5.41, 5.74) is -0.533. The Bertz CT molecular complexity index is 412. The third kappa shape index (κ3) is 4.37. The van der Waals surface area contributed by atoms with E-state index in [1.807, 2.05) is 20.8 Å². The fraction of sp³-hybridized carbons (Fsp3) is 0.882. The molecule has 5 nitrogen and oxygen atoms in total. The molecule has 0 amide bonds. The van der Waals surface area contributed by atoms with Crippen LogP contribution in [0.2, 0.25) is 0 Å². The van der Waals surface area contributed by atoms with Gasteiger partial charge in [-0.15, -0.1) is 0 Å². The zero-order valence-corrected chi connectivity index (χ0v) is 14.1. The Morgan fingerprint density at radius 2 is 1.77 bits per heavy atom. The molecule has 2 aliphatic rings. The van der Waals surface area contributed by atoms with Crippen LogP contribution in [0, 0.1) is 17.8 Å². The second kappa shape index (κ2) is 6.88. The highest BCUT2D eigenvalue weighted by molar-refractivity contribution is 5.72. The van der Waals surface area contributed by atoms with Crippen LogP contribution in [-0.2, 0) is 19.0 Å². The maximum atomic E-state index is 11.9. The van der Waals surface area contributed by atoms with E-state index in [-0.39, 0.29) is 18.0 Å². The number of carbonyl (C=O) groups is 2. The summed E-state index contributed by atoms with van der Waals surface area (Å²) < 4.78 is 15.6. The zero-order chi connectivity index (χ0) is 16.3. The minimum atomic E-state index is -0.587. The molecule has 2 rings (SSSR count). The van der Waals surface area contributed by atoms with Crippen LogP contribution in [0.5, 0.6) is 0 Å². The van der Waals surface area contributed by atoms with Crippen molar-refractivity contribution in [1.29, 1.82) is 0 Å². The van der Waals surface area contributed by atoms with Gasteiger partial charge in [0.1, 0.15) is 11.7 Å². The summed E-state index contributed by atoms with van der Waals surface area (Å²) in [6, 6.07) is 0. The molecule has 5 heteroatoms. The first-order valence-electron chi connectivity index (χ1n) is 8.27. The Labute approximate surface area is 132 Å². The molecule has 0 spiro atoms. The predicted octanol–water partition coefficient (Wildman–Crippen LogP) is 3.70. The topological polar surface area (TPSA) is 61.8 Å². The van der Waals surface area contributed by atoms with Crippen molar-refractivity contribution >= 4 is 12.1 Å². The molecule has 0 bridgehead atoms. The molecular weight excluding hydrogens is 284 g/mol. The summed E-state index contributed by atoms with van der Waals surface area (Å²) in [5, 5.41) is 0. The fourth-order valence-corrected chi connectivity index (χ4v) is 3.88. The predicted molar refractivity (Wildman–Crippen MR) is 81.3 cm³/mol. The van der Waals surface area contributed by atoms with Crippen molar-refractivity contribution in [3.8, 4) is 0 Å². The SMILES string of the molecule is COC(=O)C1CCCC2CC(OC(=O)OC(C)(C)C)CCC21. The molecule has 0 aromatic rings. The Morgan fingerprint density at radius 1 is 1.05 bits per heavy atom. The Hall–Kier alpha value is -1.26. The van der Waals surface area contributed by atoms with E-state index in [0.29, 0.717) is 11.8 Å². The minimum absolute atomic E-state index is 0.0197. The van der Waals surface area contributed by atoms with Crippen LogP contribution >= 0.6 is 0 Å². The van der Waals surface area contributed by atoms with Gasteiger partial charge in [-0.05, 0) is 64.7 Å². The van der Waals surface area contributed by atoms with E-state index in [2.05, 4.69) is 0 Å². The lowest BCUT2D eigenvalue weighted by atomic mass is 9.65. The van der Waals surface area contributed by atoms with Crippen molar-refractivity contribution in [3.63, 3.8) is 0 Å². The van der Waals surface area contributed by atoms with Crippen molar-refractivity contribution in [3.05, 3.63) is 0 Å². The number of methoxy groups -OCH3 is 1. The summed E-state index contributed by atoms with van der Waals surface area (Å²) in [7, 11) is 1.46. The molecule has 0 aromatic carbocycles. The third-order valence-electron chi connectivity index (χ3n) is 4.76. The van der Waals surface area contributed by atoms with Crippen molar-refractivity contribution in [1.82, 2.24) is 0 Å². The lowest BCUT2D eigenvalue weighted by Crippen LogP contribution is -2.40. The normalized spacial score (nSPS) is 31.8. The number of hydrogen-bond acceptors (Lipinski definition) is 5. The number of fused-ring (bicyclic) bond motifs is 1. The van der Waals surface area contributed by atoms with Crippen LogP contribution in [0.25, 0.3) is 0 Å². The van der Waals surface area contributed by atoms with Crippen LogP contribution < -0.4 is 0 Å². The summed E-state index contributed by atoms with van der Waals surface area (Å²) in [4.78, 5) is 23.7. The minimum Gasteiger partial charge on any atom is -0.469 e. The molecule has 0 N–H and O–H groups in total. The van der Waals surface area contributed by atoms with Crippen LogP contribution in [0.1, 0.15) is 59.3 Å². The quantitative estimate of drug-likeness (QED) is 0.728. The Kier molecular flexibility index (Phi) is 5.35. The summed E-state index contributed by atoms with van der Waals surface area (Å²) >= 11 is 0. The van der Waals surface area contributed by atoms with Gasteiger partial charge in [-0.1, -0.05) is 6.42 Å². The summed E-state index contributed by atoms with van der Waals surface area (Å²) in [6.07, 6.45) is 4.94. The molecule has 0 aliphatic heterocycles. The highest BCUT2D eigenvalue weighted by Crippen LogP contribution is 2.45. The molecule has 4 unspecified atom stereocenters. The van der Waals surface area contributed by atoms with E-state index in [1.165, 1.54) is 7.11 Å². The lowest BCUT2D eigenvalue weighted by Gasteiger charge is -2.42. The first-order valence-corrected chi connectivity index (χ1v) is 8.27. The lowest BCUT2D eigenvalue weighted by molar-refractivity contribution is -0.151. The van der Waals surface area contributed by atoms with Gasteiger partial charge in [0.2, 0.25) is 0 Å². The monoisotopic (exact) mass is 312 g/mol. The second-order valence-corrected chi connectivity index (χ2v) is 7.50. The molecule has 0 saturated heterocycles. The van der Waals surface area contributed by atoms with Gasteiger partial charge in [0.05, 0.1) is 13.0 Å². The average molecular weight is 312 g/mol. The first-order chi connectivity index (χ1) is 10.3. The van der Waals surface area contributed by atoms with E-state index >= 15 is 0 Å². The smallest absolute Gasteiger partial charge is 0.469 e. The molecule has 2 fully saturated rings. The summed E-state index contributed by atoms with van der Waals surface area (Å²) in [6.45, 7) is 5.48. The van der Waals surface area contributed by atoms with Crippen LogP contribution in [-0.4, -0.2) is 30.9 Å². The van der Waals surface area contributed by atoms with E-state index in [1.54, 1.807) is 0 Å². The van der Waals surface area contributed by atoms with Crippen molar-refractivity contribution in [2.75, 3.05) is 7.11 Å². The third-order valence-corrected chi connectivity index (χ3v) is 4.76. The molecular formula is C17H28O5. The molecule has 126 valence electrons. The molecule has 2 aliphatic carbocycles. The maximum absolute atomic E-state index is 11.9. The standard InChI is InChI=1S/C17H28O5/c1-17(2,3)22-16(19)21-12-8-9-13-11(10-12)6-5-7-14(13)15(18)20-4/h11-14H,5-10H2,1-4H3. The number of carbonyl (C=O) groups excluding carboxylic acids is 2. The molecule has 0 aromatic heterocycles. The van der Waals surface area contributed by atoms with Gasteiger partial charge < -0.3 is 14.2 Å². The number of esters is 1. The number of ether oxygens (including phenoxy) is 3. The molecule has 4 atom stereocenters. The highest BCUT2D eigenvalue weighted by atomic mass is 16.7. The van der Waals surface area contributed by atoms with E-state index in [4.69, 9.17) is 14.2 Å². The van der Waals surface area contributed by atoms with Crippen LogP contribution in [0.4, 0.5) is 4.79 Å². The van der Waals surface area contributed by atoms with Gasteiger partial charge in [0.15, 0.2) is 0 Å². The van der Waals surface area contributed by atoms with E-state index in [0.717, 1.165) is 38.5 Å². The van der Waals surface area contributed by atoms with Crippen LogP contribution in [0.15, 0.2) is 0 Å². The van der Waals surface area contributed by atoms with Gasteiger partial charge in [-0.3, -0.25) is 4.79 Å². The van der Waals surface area contributed by atoms with Gasteiger partial charge in [0, 0.05) is 0 Å². The second-order valence-electron chi connectivity index (χ2n) is 7.50. The fourth-order valence-electron chi connectivity index (χ4n) is 3.88. The van der Waals surface area contributed by atoms with Gasteiger partial charge in [0.25, 0.3) is 0 Å². The highest BCUT2D eigenvalue weighted by Gasteiger charge is 2.42. The van der Waals surface area contributed by atoms with E-state index in [9.17, 15) is 9.59 Å². The Balaban J connectivity index is 1.89. The maximum Gasteiger partial charge on any atom is 0.509 e. The Morgan fingerprint density at radius 3 is 2.41 bits per heavy atom. The van der Waals surface area contributed by atoms with Crippen molar-refractivity contribution in [2.45, 2.75) is 71.0 Å². The molecule has 22 heavy (non-hydrogen) atoms. The zero-order valence-electron chi connectivity index (χ0n) is 14.1. The molecule has 2 saturated carbocycles. The van der Waals surface area contributed by atoms with Gasteiger partial charge in [-0.2, -0.15) is 0 Å².